The van der Waals surface area contributed by atoms with Gasteiger partial charge >= 0.3 is 6.09 Å². The van der Waals surface area contributed by atoms with Crippen LogP contribution in [-0.2, 0) is 21.2 Å². The molecule has 3 rings (SSSR count). The molecular formula is C21H27N3O4S. The Kier molecular flexibility index (Phi) is 6.26. The van der Waals surface area contributed by atoms with Crippen LogP contribution < -0.4 is 11.1 Å². The predicted molar refractivity (Wildman–Crippen MR) is 112 cm³/mol. The van der Waals surface area contributed by atoms with Gasteiger partial charge in [0.25, 0.3) is 0 Å². The van der Waals surface area contributed by atoms with Crippen molar-refractivity contribution in [2.24, 2.45) is 5.73 Å². The maximum atomic E-state index is 12.9. The Morgan fingerprint density at radius 3 is 2.34 bits per heavy atom. The molecule has 1 aliphatic heterocycles. The molecule has 1 aliphatic rings. The van der Waals surface area contributed by atoms with Gasteiger partial charge in [0.15, 0.2) is 5.72 Å². The van der Waals surface area contributed by atoms with Crippen molar-refractivity contribution in [2.45, 2.75) is 43.7 Å². The van der Waals surface area contributed by atoms with Crippen LogP contribution in [0.15, 0.2) is 53.4 Å². The normalized spacial score (nSPS) is 16.9. The van der Waals surface area contributed by atoms with E-state index in [1.807, 2.05) is 12.1 Å². The van der Waals surface area contributed by atoms with Crippen molar-refractivity contribution in [3.8, 4) is 0 Å². The number of carbonyl (C=O) groups is 1. The first kappa shape index (κ1) is 21.3. The number of nitrogens with one attached hydrogen (secondary N) is 1. The average Bonchev–Trinajstić information content (AvgIpc) is 2.68. The summed E-state index contributed by atoms with van der Waals surface area (Å²) < 4.78 is 32.6. The quantitative estimate of drug-likeness (QED) is 0.727. The number of benzene rings is 2. The minimum Gasteiger partial charge on any atom is -0.428 e. The van der Waals surface area contributed by atoms with Gasteiger partial charge in [-0.25, -0.2) is 13.2 Å². The van der Waals surface area contributed by atoms with Crippen molar-refractivity contribution in [1.29, 1.82) is 0 Å². The minimum atomic E-state index is -3.60. The van der Waals surface area contributed by atoms with E-state index in [1.165, 1.54) is 9.87 Å². The first-order chi connectivity index (χ1) is 13.7. The summed E-state index contributed by atoms with van der Waals surface area (Å²) in [5.41, 5.74) is 7.51. The van der Waals surface area contributed by atoms with E-state index < -0.39 is 21.8 Å². The molecule has 8 heteroatoms. The lowest BCUT2D eigenvalue weighted by atomic mass is 10.0. The van der Waals surface area contributed by atoms with Gasteiger partial charge in [0.2, 0.25) is 10.0 Å². The summed E-state index contributed by atoms with van der Waals surface area (Å²) in [6.45, 7) is 4.20. The number of rotatable bonds is 5. The molecule has 3 N–H and O–H groups in total. The predicted octanol–water partition coefficient (Wildman–Crippen LogP) is 3.25. The monoisotopic (exact) mass is 417 g/mol. The van der Waals surface area contributed by atoms with E-state index in [1.54, 1.807) is 43.3 Å². The second kappa shape index (κ2) is 8.52. The van der Waals surface area contributed by atoms with Gasteiger partial charge in [-0.2, -0.15) is 4.31 Å². The number of hydrogen-bond acceptors (Lipinski definition) is 5. The van der Waals surface area contributed by atoms with Crippen LogP contribution in [0.2, 0.25) is 0 Å². The van der Waals surface area contributed by atoms with Crippen LogP contribution in [0.1, 0.15) is 30.9 Å². The Bertz CT molecular complexity index is 966. The Morgan fingerprint density at radius 2 is 1.76 bits per heavy atom. The fourth-order valence-electron chi connectivity index (χ4n) is 3.34. The third kappa shape index (κ3) is 4.95. The van der Waals surface area contributed by atoms with E-state index in [0.717, 1.165) is 6.42 Å². The number of nitrogens with two attached hydrogens (primary N) is 1. The van der Waals surface area contributed by atoms with Gasteiger partial charge < -0.3 is 4.74 Å². The highest BCUT2D eigenvalue weighted by Crippen LogP contribution is 2.27. The number of anilines is 1. The first-order valence-corrected chi connectivity index (χ1v) is 11.1. The van der Waals surface area contributed by atoms with Gasteiger partial charge in [-0.3, -0.25) is 11.1 Å². The average molecular weight is 418 g/mol. The molecule has 0 aliphatic carbocycles. The van der Waals surface area contributed by atoms with E-state index >= 15 is 0 Å². The molecule has 156 valence electrons. The van der Waals surface area contributed by atoms with Gasteiger partial charge in [-0.05, 0) is 42.7 Å². The van der Waals surface area contributed by atoms with Gasteiger partial charge in [0, 0.05) is 31.6 Å². The highest BCUT2D eigenvalue weighted by atomic mass is 32.2. The summed E-state index contributed by atoms with van der Waals surface area (Å²) in [5, 5.41) is 2.67. The molecule has 0 unspecified atom stereocenters. The molecule has 0 spiro atoms. The molecule has 2 aromatic rings. The molecule has 0 saturated carbocycles. The Hall–Kier alpha value is -2.42. The fraction of sp³-hybridized carbons (Fsp3) is 0.381. The summed E-state index contributed by atoms with van der Waals surface area (Å²) >= 11 is 0. The third-order valence-corrected chi connectivity index (χ3v) is 7.24. The smallest absolute Gasteiger partial charge is 0.413 e. The molecule has 1 heterocycles. The Labute approximate surface area is 171 Å². The van der Waals surface area contributed by atoms with E-state index in [-0.39, 0.29) is 25.9 Å². The Morgan fingerprint density at radius 1 is 1.14 bits per heavy atom. The van der Waals surface area contributed by atoms with Crippen molar-refractivity contribution < 1.29 is 17.9 Å². The maximum absolute atomic E-state index is 12.9. The number of amides is 1. The van der Waals surface area contributed by atoms with E-state index in [4.69, 9.17) is 10.5 Å². The molecule has 0 bridgehead atoms. The molecule has 1 amide bonds. The number of nitrogens with zero attached hydrogens (tertiary/aromatic N) is 1. The van der Waals surface area contributed by atoms with Gasteiger partial charge in [-0.15, -0.1) is 0 Å². The summed E-state index contributed by atoms with van der Waals surface area (Å²) in [7, 11) is -3.60. The van der Waals surface area contributed by atoms with Crippen molar-refractivity contribution in [2.75, 3.05) is 18.4 Å². The maximum Gasteiger partial charge on any atom is 0.413 e. The van der Waals surface area contributed by atoms with Gasteiger partial charge in [0.05, 0.1) is 4.90 Å². The topological polar surface area (TPSA) is 102 Å². The molecule has 29 heavy (non-hydrogen) atoms. The van der Waals surface area contributed by atoms with Crippen molar-refractivity contribution in [3.05, 3.63) is 59.7 Å². The van der Waals surface area contributed by atoms with Crippen molar-refractivity contribution in [3.63, 3.8) is 0 Å². The Balaban J connectivity index is 1.60. The van der Waals surface area contributed by atoms with Crippen molar-refractivity contribution in [1.82, 2.24) is 4.31 Å². The van der Waals surface area contributed by atoms with Crippen LogP contribution in [0, 0.1) is 6.92 Å². The number of sulfonamides is 1. The van der Waals surface area contributed by atoms with E-state index in [9.17, 15) is 13.2 Å². The highest BCUT2D eigenvalue weighted by Gasteiger charge is 2.39. The molecule has 0 atom stereocenters. The summed E-state index contributed by atoms with van der Waals surface area (Å²) in [6.07, 6.45) is 0.714. The third-order valence-electron chi connectivity index (χ3n) is 5.18. The zero-order chi connectivity index (χ0) is 21.1. The number of carbonyl (C=O) groups excluding carboxylic acids is 1. The standard InChI is InChI=1S/C21H27N3O4S/c1-3-17-8-10-18(11-9-17)23-20(25)28-21(22)12-14-24(15-13-21)29(26,27)19-7-5-4-6-16(19)2/h4-11H,3,12-15,22H2,1-2H3,(H,23,25). The molecule has 2 aromatic carbocycles. The molecule has 7 nitrogen and oxygen atoms in total. The number of piperidine rings is 1. The van der Waals surface area contributed by atoms with Crippen LogP contribution in [0.5, 0.6) is 0 Å². The second-order valence-electron chi connectivity index (χ2n) is 7.30. The molecular weight excluding hydrogens is 390 g/mol. The lowest BCUT2D eigenvalue weighted by Crippen LogP contribution is -2.54. The van der Waals surface area contributed by atoms with Crippen LogP contribution in [-0.4, -0.2) is 37.6 Å². The molecule has 0 aromatic heterocycles. The van der Waals surface area contributed by atoms with Crippen LogP contribution >= 0.6 is 0 Å². The molecule has 1 saturated heterocycles. The van der Waals surface area contributed by atoms with E-state index in [2.05, 4.69) is 12.2 Å². The zero-order valence-corrected chi connectivity index (χ0v) is 17.5. The molecule has 0 radical (unpaired) electrons. The fourth-order valence-corrected chi connectivity index (χ4v) is 5.01. The van der Waals surface area contributed by atoms with Gasteiger partial charge in [0.1, 0.15) is 0 Å². The number of hydrogen-bond donors (Lipinski definition) is 2. The van der Waals surface area contributed by atoms with Crippen LogP contribution in [0.4, 0.5) is 10.5 Å². The molecule has 1 fully saturated rings. The largest absolute Gasteiger partial charge is 0.428 e. The summed E-state index contributed by atoms with van der Waals surface area (Å²) in [4.78, 5) is 12.5. The zero-order valence-electron chi connectivity index (χ0n) is 16.7. The number of ether oxygens (including phenoxy) is 1. The van der Waals surface area contributed by atoms with Gasteiger partial charge in [-0.1, -0.05) is 37.3 Å². The first-order valence-electron chi connectivity index (χ1n) is 9.67. The SMILES string of the molecule is CCc1ccc(NC(=O)OC2(N)CCN(S(=O)(=O)c3ccccc3C)CC2)cc1. The summed E-state index contributed by atoms with van der Waals surface area (Å²) in [6, 6.07) is 14.4. The number of aryl methyl sites for hydroxylation is 2. The van der Waals surface area contributed by atoms with Crippen LogP contribution in [0.3, 0.4) is 0 Å². The second-order valence-corrected chi connectivity index (χ2v) is 9.21. The van der Waals surface area contributed by atoms with Crippen molar-refractivity contribution >= 4 is 21.8 Å². The minimum absolute atomic E-state index is 0.186. The lowest BCUT2D eigenvalue weighted by molar-refractivity contribution is -0.0116. The van der Waals surface area contributed by atoms with E-state index in [0.29, 0.717) is 16.1 Å². The van der Waals surface area contributed by atoms with Crippen LogP contribution in [0.25, 0.3) is 0 Å². The highest BCUT2D eigenvalue weighted by molar-refractivity contribution is 7.89. The summed E-state index contributed by atoms with van der Waals surface area (Å²) in [5.74, 6) is 0. The lowest BCUT2D eigenvalue weighted by Gasteiger charge is -2.37.